The third-order valence-corrected chi connectivity index (χ3v) is 8.62. The minimum absolute atomic E-state index is 0.180. The maximum atomic E-state index is 13.7. The topological polar surface area (TPSA) is 66.9 Å². The van der Waals surface area contributed by atoms with Gasteiger partial charge in [-0.25, -0.2) is 8.42 Å². The molecule has 0 aliphatic rings. The molecule has 1 heterocycles. The lowest BCUT2D eigenvalue weighted by Crippen LogP contribution is -2.43. The Morgan fingerprint density at radius 3 is 2.36 bits per heavy atom. The number of thiophene rings is 1. The van der Waals surface area contributed by atoms with Crippen molar-refractivity contribution in [1.82, 2.24) is 9.21 Å². The Bertz CT molecular complexity index is 1370. The van der Waals surface area contributed by atoms with Crippen LogP contribution in [-0.2, 0) is 32.6 Å². The van der Waals surface area contributed by atoms with Crippen LogP contribution in [0.4, 0.5) is 0 Å². The summed E-state index contributed by atoms with van der Waals surface area (Å²) in [5, 5.41) is 3.77. The molecule has 0 radical (unpaired) electrons. The quantitative estimate of drug-likeness (QED) is 0.241. The predicted molar refractivity (Wildman–Crippen MR) is 144 cm³/mol. The first kappa shape index (κ1) is 26.0. The van der Waals surface area contributed by atoms with Crippen molar-refractivity contribution in [1.29, 1.82) is 0 Å². The number of benzene rings is 3. The number of carbonyl (C=O) groups is 1. The molecule has 1 aromatic heterocycles. The molecule has 0 aliphatic heterocycles. The summed E-state index contributed by atoms with van der Waals surface area (Å²) in [7, 11) is -2.32. The van der Waals surface area contributed by atoms with Gasteiger partial charge in [0.05, 0.1) is 18.0 Å². The standard InChI is InChI=1S/C28H30N2O4S2/c1-34-17-8-16-30(36(32,33)27-15-14-24-11-5-6-12-25(24)19-27)22-28(31)29(21-26-13-7-18-35-26)20-23-9-3-2-4-10-23/h2-7,9-15,18-19H,8,16-17,20-22H2,1H3. The molecule has 36 heavy (non-hydrogen) atoms. The zero-order valence-corrected chi connectivity index (χ0v) is 21.9. The zero-order valence-electron chi connectivity index (χ0n) is 20.2. The van der Waals surface area contributed by atoms with E-state index in [1.54, 1.807) is 41.5 Å². The summed E-state index contributed by atoms with van der Waals surface area (Å²) in [4.78, 5) is 16.5. The Morgan fingerprint density at radius 2 is 1.64 bits per heavy atom. The molecule has 188 valence electrons. The Hall–Kier alpha value is -3.04. The molecular weight excluding hydrogens is 492 g/mol. The molecule has 0 saturated carbocycles. The third kappa shape index (κ3) is 6.59. The number of nitrogens with zero attached hydrogens (tertiary/aromatic N) is 2. The molecule has 0 fully saturated rings. The van der Waals surface area contributed by atoms with Crippen molar-refractivity contribution in [3.8, 4) is 0 Å². The fourth-order valence-electron chi connectivity index (χ4n) is 4.02. The molecule has 0 saturated heterocycles. The van der Waals surface area contributed by atoms with Crippen molar-refractivity contribution in [3.05, 3.63) is 101 Å². The molecule has 0 atom stereocenters. The molecule has 1 amide bonds. The highest BCUT2D eigenvalue weighted by molar-refractivity contribution is 7.89. The van der Waals surface area contributed by atoms with Crippen molar-refractivity contribution in [2.75, 3.05) is 26.8 Å². The fourth-order valence-corrected chi connectivity index (χ4v) is 6.21. The first-order valence-corrected chi connectivity index (χ1v) is 14.1. The minimum atomic E-state index is -3.90. The van der Waals surface area contributed by atoms with E-state index in [0.717, 1.165) is 21.2 Å². The van der Waals surface area contributed by atoms with E-state index in [-0.39, 0.29) is 23.9 Å². The molecule has 0 bridgehead atoms. The number of fused-ring (bicyclic) bond motifs is 1. The van der Waals surface area contributed by atoms with Crippen LogP contribution in [0.3, 0.4) is 0 Å². The first-order chi connectivity index (χ1) is 17.5. The van der Waals surface area contributed by atoms with Crippen LogP contribution in [0, 0.1) is 0 Å². The maximum absolute atomic E-state index is 13.7. The van der Waals surface area contributed by atoms with Gasteiger partial charge in [0.25, 0.3) is 0 Å². The van der Waals surface area contributed by atoms with E-state index in [2.05, 4.69) is 0 Å². The average molecular weight is 523 g/mol. The zero-order chi connectivity index (χ0) is 25.4. The lowest BCUT2D eigenvalue weighted by Gasteiger charge is -2.27. The largest absolute Gasteiger partial charge is 0.385 e. The highest BCUT2D eigenvalue weighted by Gasteiger charge is 2.29. The lowest BCUT2D eigenvalue weighted by molar-refractivity contribution is -0.132. The minimum Gasteiger partial charge on any atom is -0.385 e. The van der Waals surface area contributed by atoms with Gasteiger partial charge in [0.1, 0.15) is 0 Å². The van der Waals surface area contributed by atoms with E-state index in [1.165, 1.54) is 4.31 Å². The Morgan fingerprint density at radius 1 is 0.889 bits per heavy atom. The van der Waals surface area contributed by atoms with Crippen LogP contribution >= 0.6 is 11.3 Å². The lowest BCUT2D eigenvalue weighted by atomic mass is 10.1. The summed E-state index contributed by atoms with van der Waals surface area (Å²) in [5.41, 5.74) is 0.991. The monoisotopic (exact) mass is 522 g/mol. The van der Waals surface area contributed by atoms with Gasteiger partial charge >= 0.3 is 0 Å². The smallest absolute Gasteiger partial charge is 0.243 e. The highest BCUT2D eigenvalue weighted by atomic mass is 32.2. The number of ether oxygens (including phenoxy) is 1. The molecule has 6 nitrogen and oxygen atoms in total. The molecule has 0 unspecified atom stereocenters. The predicted octanol–water partition coefficient (Wildman–Crippen LogP) is 5.16. The number of sulfonamides is 1. The van der Waals surface area contributed by atoms with E-state index in [9.17, 15) is 13.2 Å². The number of carbonyl (C=O) groups excluding carboxylic acids is 1. The SMILES string of the molecule is COCCCN(CC(=O)N(Cc1ccccc1)Cc1cccs1)S(=O)(=O)c1ccc2ccccc2c1. The van der Waals surface area contributed by atoms with Gasteiger partial charge in [0.15, 0.2) is 0 Å². The summed E-state index contributed by atoms with van der Waals surface area (Å²) in [6.07, 6.45) is 0.486. The second-order valence-corrected chi connectivity index (χ2v) is 11.5. The van der Waals surface area contributed by atoms with Crippen LogP contribution < -0.4 is 0 Å². The number of amides is 1. The summed E-state index contributed by atoms with van der Waals surface area (Å²) in [6, 6.07) is 26.4. The normalized spacial score (nSPS) is 11.7. The van der Waals surface area contributed by atoms with Crippen molar-refractivity contribution in [2.45, 2.75) is 24.4 Å². The van der Waals surface area contributed by atoms with E-state index in [4.69, 9.17) is 4.74 Å². The Balaban J connectivity index is 1.60. The van der Waals surface area contributed by atoms with Crippen LogP contribution in [0.1, 0.15) is 16.9 Å². The van der Waals surface area contributed by atoms with E-state index >= 15 is 0 Å². The maximum Gasteiger partial charge on any atom is 0.243 e. The van der Waals surface area contributed by atoms with Gasteiger partial charge in [-0.2, -0.15) is 4.31 Å². The summed E-state index contributed by atoms with van der Waals surface area (Å²) >= 11 is 1.58. The highest BCUT2D eigenvalue weighted by Crippen LogP contribution is 2.23. The van der Waals surface area contributed by atoms with Crippen LogP contribution in [-0.4, -0.2) is 50.3 Å². The number of methoxy groups -OCH3 is 1. The Kier molecular flexibility index (Phi) is 8.88. The second-order valence-electron chi connectivity index (χ2n) is 8.51. The Labute approximate surface area is 216 Å². The molecule has 0 aliphatic carbocycles. The number of rotatable bonds is 12. The van der Waals surface area contributed by atoms with Crippen LogP contribution in [0.5, 0.6) is 0 Å². The van der Waals surface area contributed by atoms with Crippen molar-refractivity contribution in [3.63, 3.8) is 0 Å². The average Bonchev–Trinajstić information content (AvgIpc) is 3.41. The van der Waals surface area contributed by atoms with Crippen molar-refractivity contribution < 1.29 is 17.9 Å². The number of hydrogen-bond donors (Lipinski definition) is 0. The number of hydrogen-bond acceptors (Lipinski definition) is 5. The molecule has 3 aromatic carbocycles. The van der Waals surface area contributed by atoms with E-state index in [0.29, 0.717) is 26.1 Å². The molecule has 0 spiro atoms. The molecule has 8 heteroatoms. The van der Waals surface area contributed by atoms with E-state index < -0.39 is 10.0 Å². The van der Waals surface area contributed by atoms with Gasteiger partial charge in [0, 0.05) is 31.7 Å². The van der Waals surface area contributed by atoms with Crippen molar-refractivity contribution in [2.24, 2.45) is 0 Å². The van der Waals surface area contributed by atoms with Gasteiger partial charge in [-0.05, 0) is 46.3 Å². The van der Waals surface area contributed by atoms with Gasteiger partial charge in [-0.15, -0.1) is 11.3 Å². The van der Waals surface area contributed by atoms with Crippen LogP contribution in [0.25, 0.3) is 10.8 Å². The molecular formula is C28H30N2O4S2. The summed E-state index contributed by atoms with van der Waals surface area (Å²) in [5.74, 6) is -0.242. The van der Waals surface area contributed by atoms with Gasteiger partial charge in [-0.3, -0.25) is 4.79 Å². The van der Waals surface area contributed by atoms with Gasteiger partial charge < -0.3 is 9.64 Å². The van der Waals surface area contributed by atoms with Gasteiger partial charge in [-0.1, -0.05) is 66.7 Å². The van der Waals surface area contributed by atoms with Crippen LogP contribution in [0.2, 0.25) is 0 Å². The molecule has 0 N–H and O–H groups in total. The second kappa shape index (κ2) is 12.3. The van der Waals surface area contributed by atoms with E-state index in [1.807, 2.05) is 72.1 Å². The fraction of sp³-hybridized carbons (Fsp3) is 0.250. The van der Waals surface area contributed by atoms with Crippen molar-refractivity contribution >= 4 is 38.0 Å². The van der Waals surface area contributed by atoms with Crippen LogP contribution in [0.15, 0.2) is 95.2 Å². The molecule has 4 aromatic rings. The summed E-state index contributed by atoms with van der Waals surface area (Å²) in [6.45, 7) is 1.18. The molecule has 4 rings (SSSR count). The summed E-state index contributed by atoms with van der Waals surface area (Å²) < 4.78 is 33.9. The van der Waals surface area contributed by atoms with Gasteiger partial charge in [0.2, 0.25) is 15.9 Å². The third-order valence-electron chi connectivity index (χ3n) is 5.92. The first-order valence-electron chi connectivity index (χ1n) is 11.8.